The molecule has 1 aliphatic carbocycles. The Morgan fingerprint density at radius 3 is 2.73 bits per heavy atom. The molecule has 0 saturated heterocycles. The highest BCUT2D eigenvalue weighted by Crippen LogP contribution is 2.28. The SMILES string of the molecule is COc1ccccc1NC(=O)C(O)[C@H](N)CC1CCCCC1. The number of benzene rings is 1. The van der Waals surface area contributed by atoms with Crippen LogP contribution in [0.4, 0.5) is 5.69 Å². The van der Waals surface area contributed by atoms with Gasteiger partial charge >= 0.3 is 0 Å². The number of aliphatic hydroxyl groups is 1. The smallest absolute Gasteiger partial charge is 0.254 e. The number of hydrogen-bond acceptors (Lipinski definition) is 4. The molecule has 1 saturated carbocycles. The maximum absolute atomic E-state index is 12.2. The van der Waals surface area contributed by atoms with E-state index in [0.29, 0.717) is 23.8 Å². The summed E-state index contributed by atoms with van der Waals surface area (Å²) in [7, 11) is 1.54. The van der Waals surface area contributed by atoms with E-state index in [2.05, 4.69) is 5.32 Å². The molecule has 122 valence electrons. The number of nitrogens with one attached hydrogen (secondary N) is 1. The minimum absolute atomic E-state index is 0.479. The van der Waals surface area contributed by atoms with Crippen LogP contribution < -0.4 is 15.8 Å². The second-order valence-corrected chi connectivity index (χ2v) is 6.04. The summed E-state index contributed by atoms with van der Waals surface area (Å²) < 4.78 is 5.18. The molecule has 1 aliphatic rings. The third kappa shape index (κ3) is 4.45. The number of carbonyl (C=O) groups excluding carboxylic acids is 1. The van der Waals surface area contributed by atoms with Crippen molar-refractivity contribution in [3.8, 4) is 5.75 Å². The highest BCUT2D eigenvalue weighted by atomic mass is 16.5. The van der Waals surface area contributed by atoms with Gasteiger partial charge in [-0.3, -0.25) is 4.79 Å². The van der Waals surface area contributed by atoms with E-state index in [4.69, 9.17) is 10.5 Å². The molecule has 1 unspecified atom stereocenters. The fraction of sp³-hybridized carbons (Fsp3) is 0.588. The number of anilines is 1. The Bertz CT molecular complexity index is 487. The van der Waals surface area contributed by atoms with Crippen LogP contribution in [0.2, 0.25) is 0 Å². The summed E-state index contributed by atoms with van der Waals surface area (Å²) in [6.45, 7) is 0. The molecule has 5 heteroatoms. The first-order valence-corrected chi connectivity index (χ1v) is 7.99. The standard InChI is InChI=1S/C17H26N2O3/c1-22-15-10-6-5-9-14(15)19-17(21)16(20)13(18)11-12-7-3-2-4-8-12/h5-6,9-10,12-13,16,20H,2-4,7-8,11,18H2,1H3,(H,19,21)/t13-,16?/m1/s1. The van der Waals surface area contributed by atoms with Gasteiger partial charge in [0.15, 0.2) is 0 Å². The molecule has 0 aliphatic heterocycles. The molecule has 0 bridgehead atoms. The second kappa shape index (κ2) is 8.15. The highest BCUT2D eigenvalue weighted by Gasteiger charge is 2.27. The summed E-state index contributed by atoms with van der Waals surface area (Å²) in [6, 6.07) is 6.57. The van der Waals surface area contributed by atoms with E-state index in [9.17, 15) is 9.90 Å². The van der Waals surface area contributed by atoms with Crippen molar-refractivity contribution in [3.05, 3.63) is 24.3 Å². The van der Waals surface area contributed by atoms with E-state index < -0.39 is 18.1 Å². The zero-order valence-corrected chi connectivity index (χ0v) is 13.1. The van der Waals surface area contributed by atoms with Crippen molar-refractivity contribution in [3.63, 3.8) is 0 Å². The van der Waals surface area contributed by atoms with Gasteiger partial charge in [0.05, 0.1) is 12.8 Å². The Morgan fingerprint density at radius 1 is 1.36 bits per heavy atom. The number of rotatable bonds is 6. The van der Waals surface area contributed by atoms with Gasteiger partial charge < -0.3 is 20.9 Å². The molecule has 0 radical (unpaired) electrons. The van der Waals surface area contributed by atoms with Gasteiger partial charge in [-0.15, -0.1) is 0 Å². The molecule has 1 amide bonds. The van der Waals surface area contributed by atoms with Gasteiger partial charge in [-0.1, -0.05) is 44.2 Å². The monoisotopic (exact) mass is 306 g/mol. The minimum Gasteiger partial charge on any atom is -0.495 e. The Balaban J connectivity index is 1.90. The first kappa shape index (κ1) is 16.8. The Morgan fingerprint density at radius 2 is 2.05 bits per heavy atom. The second-order valence-electron chi connectivity index (χ2n) is 6.04. The average molecular weight is 306 g/mol. The maximum Gasteiger partial charge on any atom is 0.254 e. The topological polar surface area (TPSA) is 84.6 Å². The molecule has 1 aromatic carbocycles. The molecular formula is C17H26N2O3. The lowest BCUT2D eigenvalue weighted by molar-refractivity contribution is -0.125. The third-order valence-corrected chi connectivity index (χ3v) is 4.37. The lowest BCUT2D eigenvalue weighted by Crippen LogP contribution is -2.44. The van der Waals surface area contributed by atoms with Crippen LogP contribution in [0.3, 0.4) is 0 Å². The summed E-state index contributed by atoms with van der Waals surface area (Å²) in [5, 5.41) is 12.8. The van der Waals surface area contributed by atoms with Crippen molar-refractivity contribution < 1.29 is 14.6 Å². The summed E-state index contributed by atoms with van der Waals surface area (Å²) in [5.41, 5.74) is 6.57. The largest absolute Gasteiger partial charge is 0.495 e. The molecule has 22 heavy (non-hydrogen) atoms. The first-order valence-electron chi connectivity index (χ1n) is 7.99. The molecule has 0 heterocycles. The van der Waals surface area contributed by atoms with Crippen molar-refractivity contribution >= 4 is 11.6 Å². The maximum atomic E-state index is 12.2. The molecule has 2 rings (SSSR count). The van der Waals surface area contributed by atoms with Crippen LogP contribution in [-0.4, -0.2) is 30.3 Å². The van der Waals surface area contributed by atoms with E-state index in [-0.39, 0.29) is 0 Å². The van der Waals surface area contributed by atoms with Gasteiger partial charge in [0.25, 0.3) is 5.91 Å². The molecule has 5 nitrogen and oxygen atoms in total. The lowest BCUT2D eigenvalue weighted by Gasteiger charge is -2.26. The zero-order chi connectivity index (χ0) is 15.9. The fourth-order valence-electron chi connectivity index (χ4n) is 3.09. The van der Waals surface area contributed by atoms with Crippen molar-refractivity contribution in [2.75, 3.05) is 12.4 Å². The summed E-state index contributed by atoms with van der Waals surface area (Å²) in [4.78, 5) is 12.2. The number of nitrogens with two attached hydrogens (primary N) is 1. The average Bonchev–Trinajstić information content (AvgIpc) is 2.55. The number of aliphatic hydroxyl groups excluding tert-OH is 1. The van der Waals surface area contributed by atoms with Crippen molar-refractivity contribution in [1.82, 2.24) is 0 Å². The van der Waals surface area contributed by atoms with Crippen LogP contribution in [0.1, 0.15) is 38.5 Å². The highest BCUT2D eigenvalue weighted by molar-refractivity contribution is 5.95. The number of amides is 1. The molecule has 1 aromatic rings. The van der Waals surface area contributed by atoms with E-state index in [1.165, 1.54) is 26.4 Å². The van der Waals surface area contributed by atoms with Gasteiger partial charge in [-0.25, -0.2) is 0 Å². The first-order chi connectivity index (χ1) is 10.6. The van der Waals surface area contributed by atoms with Crippen LogP contribution in [0.5, 0.6) is 5.75 Å². The molecular weight excluding hydrogens is 280 g/mol. The molecule has 4 N–H and O–H groups in total. The van der Waals surface area contributed by atoms with Crippen molar-refractivity contribution in [2.24, 2.45) is 11.7 Å². The number of ether oxygens (including phenoxy) is 1. The quantitative estimate of drug-likeness (QED) is 0.753. The van der Waals surface area contributed by atoms with Crippen LogP contribution in [-0.2, 0) is 4.79 Å². The van der Waals surface area contributed by atoms with Crippen LogP contribution >= 0.6 is 0 Å². The number of carbonyl (C=O) groups is 1. The van der Waals surface area contributed by atoms with Gasteiger partial charge in [0.1, 0.15) is 11.9 Å². The van der Waals surface area contributed by atoms with E-state index in [1.807, 2.05) is 6.07 Å². The Labute approximate surface area is 131 Å². The lowest BCUT2D eigenvalue weighted by atomic mass is 9.84. The van der Waals surface area contributed by atoms with Crippen LogP contribution in [0, 0.1) is 5.92 Å². The molecule has 2 atom stereocenters. The number of methoxy groups -OCH3 is 1. The third-order valence-electron chi connectivity index (χ3n) is 4.37. The van der Waals surface area contributed by atoms with Crippen LogP contribution in [0.15, 0.2) is 24.3 Å². The fourth-order valence-corrected chi connectivity index (χ4v) is 3.09. The van der Waals surface area contributed by atoms with E-state index in [1.54, 1.807) is 18.2 Å². The van der Waals surface area contributed by atoms with E-state index in [0.717, 1.165) is 12.8 Å². The number of para-hydroxylation sites is 2. The van der Waals surface area contributed by atoms with Gasteiger partial charge in [0, 0.05) is 6.04 Å². The predicted molar refractivity (Wildman–Crippen MR) is 86.8 cm³/mol. The van der Waals surface area contributed by atoms with Crippen molar-refractivity contribution in [2.45, 2.75) is 50.7 Å². The summed E-state index contributed by atoms with van der Waals surface area (Å²) in [5.74, 6) is 0.606. The van der Waals surface area contributed by atoms with Gasteiger partial charge in [0.2, 0.25) is 0 Å². The Kier molecular flexibility index (Phi) is 6.21. The predicted octanol–water partition coefficient (Wildman–Crippen LogP) is 2.29. The summed E-state index contributed by atoms with van der Waals surface area (Å²) >= 11 is 0. The van der Waals surface area contributed by atoms with E-state index >= 15 is 0 Å². The van der Waals surface area contributed by atoms with Crippen molar-refractivity contribution in [1.29, 1.82) is 0 Å². The minimum atomic E-state index is -1.20. The normalized spacial score (nSPS) is 18.5. The molecule has 0 spiro atoms. The van der Waals surface area contributed by atoms with Gasteiger partial charge in [-0.2, -0.15) is 0 Å². The Hall–Kier alpha value is -1.59. The van der Waals surface area contributed by atoms with Gasteiger partial charge in [-0.05, 0) is 24.5 Å². The van der Waals surface area contributed by atoms with Crippen LogP contribution in [0.25, 0.3) is 0 Å². The summed E-state index contributed by atoms with van der Waals surface area (Å²) in [6.07, 6.45) is 5.51. The molecule has 1 fully saturated rings. The number of hydrogen-bond donors (Lipinski definition) is 3. The molecule has 0 aromatic heterocycles. The zero-order valence-electron chi connectivity index (χ0n) is 13.1.